The summed E-state index contributed by atoms with van der Waals surface area (Å²) in [6.45, 7) is 2.96. The fourth-order valence-corrected chi connectivity index (χ4v) is 2.93. The zero-order valence-electron chi connectivity index (χ0n) is 14.7. The molecule has 1 aromatic carbocycles. The van der Waals surface area contributed by atoms with Crippen LogP contribution in [0.5, 0.6) is 11.6 Å². The third-order valence-electron chi connectivity index (χ3n) is 4.33. The highest BCUT2D eigenvalue weighted by Gasteiger charge is 2.28. The lowest BCUT2D eigenvalue weighted by molar-refractivity contribution is -0.139. The van der Waals surface area contributed by atoms with Crippen molar-refractivity contribution >= 4 is 5.91 Å². The third kappa shape index (κ3) is 4.31. The maximum atomic E-state index is 12.6. The van der Waals surface area contributed by atoms with E-state index in [-0.39, 0.29) is 12.0 Å². The maximum absolute atomic E-state index is 12.6. The molecule has 1 atom stereocenters. The molecular formula is C20H21N3O3. The van der Waals surface area contributed by atoms with Crippen LogP contribution in [0.2, 0.25) is 0 Å². The second-order valence-corrected chi connectivity index (χ2v) is 6.18. The van der Waals surface area contributed by atoms with Gasteiger partial charge in [-0.1, -0.05) is 18.2 Å². The van der Waals surface area contributed by atoms with Gasteiger partial charge in [-0.25, -0.2) is 4.98 Å². The quantitative estimate of drug-likeness (QED) is 0.828. The van der Waals surface area contributed by atoms with E-state index in [0.717, 1.165) is 0 Å². The Morgan fingerprint density at radius 1 is 1.23 bits per heavy atom. The molecule has 134 valence electrons. The summed E-state index contributed by atoms with van der Waals surface area (Å²) in [5.74, 6) is 1.02. The first-order chi connectivity index (χ1) is 12.7. The van der Waals surface area contributed by atoms with Gasteiger partial charge in [0.05, 0.1) is 0 Å². The summed E-state index contributed by atoms with van der Waals surface area (Å²) in [6.07, 6.45) is 2.43. The van der Waals surface area contributed by atoms with Gasteiger partial charge in [0.1, 0.15) is 23.5 Å². The molecule has 0 spiro atoms. The Labute approximate surface area is 153 Å². The number of carbonyl (C=O) groups excluding carboxylic acids is 1. The predicted molar refractivity (Wildman–Crippen MR) is 95.7 cm³/mol. The van der Waals surface area contributed by atoms with E-state index in [9.17, 15) is 4.79 Å². The van der Waals surface area contributed by atoms with Crippen molar-refractivity contribution in [2.24, 2.45) is 0 Å². The van der Waals surface area contributed by atoms with Gasteiger partial charge in [0.15, 0.2) is 6.10 Å². The lowest BCUT2D eigenvalue weighted by atomic mass is 10.1. The highest BCUT2D eigenvalue weighted by molar-refractivity contribution is 5.81. The molecule has 1 fully saturated rings. The van der Waals surface area contributed by atoms with E-state index in [2.05, 4.69) is 11.1 Å². The van der Waals surface area contributed by atoms with Crippen LogP contribution in [-0.2, 0) is 4.79 Å². The van der Waals surface area contributed by atoms with Crippen molar-refractivity contribution in [1.82, 2.24) is 9.88 Å². The molecule has 0 bridgehead atoms. The first-order valence-corrected chi connectivity index (χ1v) is 8.69. The molecule has 2 aromatic rings. The van der Waals surface area contributed by atoms with Crippen LogP contribution in [0, 0.1) is 11.3 Å². The summed E-state index contributed by atoms with van der Waals surface area (Å²) in [6, 6.07) is 14.8. The number of aromatic nitrogens is 1. The number of carbonyl (C=O) groups is 1. The first kappa shape index (κ1) is 17.7. The largest absolute Gasteiger partial charge is 0.481 e. The zero-order chi connectivity index (χ0) is 18.4. The summed E-state index contributed by atoms with van der Waals surface area (Å²) >= 11 is 0. The minimum Gasteiger partial charge on any atom is -0.481 e. The highest BCUT2D eigenvalue weighted by Crippen LogP contribution is 2.21. The number of piperidine rings is 1. The number of ether oxygens (including phenoxy) is 2. The number of hydrogen-bond acceptors (Lipinski definition) is 5. The van der Waals surface area contributed by atoms with Gasteiger partial charge >= 0.3 is 0 Å². The molecule has 1 aliphatic rings. The summed E-state index contributed by atoms with van der Waals surface area (Å²) < 4.78 is 11.6. The van der Waals surface area contributed by atoms with Gasteiger partial charge in [0.2, 0.25) is 5.88 Å². The van der Waals surface area contributed by atoms with Crippen molar-refractivity contribution in [3.63, 3.8) is 0 Å². The molecule has 26 heavy (non-hydrogen) atoms. The Kier molecular flexibility index (Phi) is 5.69. The molecule has 6 heteroatoms. The molecule has 1 unspecified atom stereocenters. The maximum Gasteiger partial charge on any atom is 0.263 e. The normalized spacial score (nSPS) is 15.8. The number of hydrogen-bond donors (Lipinski definition) is 0. The van der Waals surface area contributed by atoms with Crippen molar-refractivity contribution in [3.05, 3.63) is 54.2 Å². The molecule has 0 aliphatic carbocycles. The van der Waals surface area contributed by atoms with Gasteiger partial charge in [0, 0.05) is 32.1 Å². The van der Waals surface area contributed by atoms with Crippen LogP contribution in [0.25, 0.3) is 0 Å². The molecule has 0 saturated carbocycles. The Morgan fingerprint density at radius 2 is 1.96 bits per heavy atom. The monoisotopic (exact) mass is 351 g/mol. The van der Waals surface area contributed by atoms with Crippen molar-refractivity contribution in [1.29, 1.82) is 5.26 Å². The molecule has 3 rings (SSSR count). The van der Waals surface area contributed by atoms with Crippen molar-refractivity contribution < 1.29 is 14.3 Å². The molecule has 1 saturated heterocycles. The number of rotatable bonds is 5. The Morgan fingerprint density at radius 3 is 2.65 bits per heavy atom. The van der Waals surface area contributed by atoms with Gasteiger partial charge in [-0.15, -0.1) is 0 Å². The lowest BCUT2D eigenvalue weighted by Gasteiger charge is -2.33. The number of para-hydroxylation sites is 1. The number of pyridine rings is 1. The van der Waals surface area contributed by atoms with E-state index in [0.29, 0.717) is 43.1 Å². The second kappa shape index (κ2) is 8.34. The van der Waals surface area contributed by atoms with E-state index in [1.54, 1.807) is 30.2 Å². The number of nitrogens with zero attached hydrogens (tertiary/aromatic N) is 3. The van der Waals surface area contributed by atoms with Crippen LogP contribution < -0.4 is 9.47 Å². The van der Waals surface area contributed by atoms with Crippen LogP contribution in [0.15, 0.2) is 48.7 Å². The predicted octanol–water partition coefficient (Wildman–Crippen LogP) is 2.79. The summed E-state index contributed by atoms with van der Waals surface area (Å²) in [4.78, 5) is 18.5. The van der Waals surface area contributed by atoms with E-state index in [1.165, 1.54) is 0 Å². The number of amides is 1. The molecule has 0 N–H and O–H groups in total. The van der Waals surface area contributed by atoms with Crippen LogP contribution in [0.1, 0.15) is 25.3 Å². The zero-order valence-corrected chi connectivity index (χ0v) is 14.7. The van der Waals surface area contributed by atoms with Gasteiger partial charge in [-0.3, -0.25) is 4.79 Å². The van der Waals surface area contributed by atoms with E-state index in [1.807, 2.05) is 30.3 Å². The van der Waals surface area contributed by atoms with Crippen LogP contribution in [0.3, 0.4) is 0 Å². The molecular weight excluding hydrogens is 330 g/mol. The van der Waals surface area contributed by atoms with Crippen molar-refractivity contribution in [2.45, 2.75) is 32.0 Å². The van der Waals surface area contributed by atoms with E-state index in [4.69, 9.17) is 14.7 Å². The summed E-state index contributed by atoms with van der Waals surface area (Å²) in [7, 11) is 0. The van der Waals surface area contributed by atoms with Crippen LogP contribution >= 0.6 is 0 Å². The lowest BCUT2D eigenvalue weighted by Crippen LogP contribution is -2.46. The number of nitriles is 1. The summed E-state index contributed by atoms with van der Waals surface area (Å²) in [5, 5.41) is 9.11. The summed E-state index contributed by atoms with van der Waals surface area (Å²) in [5.41, 5.74) is 0.427. The Balaban J connectivity index is 1.51. The topological polar surface area (TPSA) is 75.4 Å². The smallest absolute Gasteiger partial charge is 0.263 e. The molecule has 1 amide bonds. The Bertz CT molecular complexity index is 780. The molecule has 6 nitrogen and oxygen atoms in total. The molecule has 2 heterocycles. The SMILES string of the molecule is CC(Oc1ccccc1)C(=O)N1CCC(Oc2ncccc2C#N)CC1. The Hall–Kier alpha value is -3.07. The van der Waals surface area contributed by atoms with E-state index < -0.39 is 6.10 Å². The number of benzene rings is 1. The number of likely N-dealkylation sites (tertiary alicyclic amines) is 1. The third-order valence-corrected chi connectivity index (χ3v) is 4.33. The van der Waals surface area contributed by atoms with Crippen LogP contribution in [-0.4, -0.2) is 41.1 Å². The standard InChI is InChI=1S/C20H21N3O3/c1-15(25-17-7-3-2-4-8-17)20(24)23-12-9-18(10-13-23)26-19-16(14-21)6-5-11-22-19/h2-8,11,15,18H,9-10,12-13H2,1H3. The minimum atomic E-state index is -0.532. The van der Waals surface area contributed by atoms with E-state index >= 15 is 0 Å². The average molecular weight is 351 g/mol. The molecule has 0 radical (unpaired) electrons. The second-order valence-electron chi connectivity index (χ2n) is 6.18. The molecule has 1 aromatic heterocycles. The first-order valence-electron chi connectivity index (χ1n) is 8.69. The van der Waals surface area contributed by atoms with Gasteiger partial charge in [0.25, 0.3) is 5.91 Å². The fraction of sp³-hybridized carbons (Fsp3) is 0.350. The minimum absolute atomic E-state index is 0.0251. The molecule has 1 aliphatic heterocycles. The average Bonchev–Trinajstić information content (AvgIpc) is 2.69. The highest BCUT2D eigenvalue weighted by atomic mass is 16.5. The van der Waals surface area contributed by atoms with Gasteiger partial charge < -0.3 is 14.4 Å². The van der Waals surface area contributed by atoms with Crippen molar-refractivity contribution in [3.8, 4) is 17.7 Å². The van der Waals surface area contributed by atoms with Gasteiger partial charge in [-0.05, 0) is 31.2 Å². The fourth-order valence-electron chi connectivity index (χ4n) is 2.93. The van der Waals surface area contributed by atoms with Crippen molar-refractivity contribution in [2.75, 3.05) is 13.1 Å². The van der Waals surface area contributed by atoms with Gasteiger partial charge in [-0.2, -0.15) is 5.26 Å². The van der Waals surface area contributed by atoms with Crippen LogP contribution in [0.4, 0.5) is 0 Å².